The van der Waals surface area contributed by atoms with Crippen LogP contribution >= 0.6 is 0 Å². The molecule has 1 aliphatic heterocycles. The van der Waals surface area contributed by atoms with Crippen molar-refractivity contribution < 1.29 is 14.3 Å². The van der Waals surface area contributed by atoms with Gasteiger partial charge >= 0.3 is 0 Å². The quantitative estimate of drug-likeness (QED) is 0.753. The Morgan fingerprint density at radius 2 is 2.00 bits per heavy atom. The highest BCUT2D eigenvalue weighted by molar-refractivity contribution is 5.90. The number of ether oxygens (including phenoxy) is 1. The summed E-state index contributed by atoms with van der Waals surface area (Å²) in [5.74, 6) is -0.0462. The zero-order valence-corrected chi connectivity index (χ0v) is 13.2. The summed E-state index contributed by atoms with van der Waals surface area (Å²) in [6.07, 6.45) is 2.51. The maximum Gasteiger partial charge on any atom is 0.245 e. The summed E-state index contributed by atoms with van der Waals surface area (Å²) in [5, 5.41) is 2.84. The molecule has 1 fully saturated rings. The molecule has 0 radical (unpaired) electrons. The maximum absolute atomic E-state index is 12.5. The molecular weight excluding hydrogens is 256 g/mol. The van der Waals surface area contributed by atoms with E-state index < -0.39 is 6.04 Å². The number of carbonyl (C=O) groups is 2. The largest absolute Gasteiger partial charge is 0.380 e. The third-order valence-electron chi connectivity index (χ3n) is 3.49. The molecule has 5 heteroatoms. The van der Waals surface area contributed by atoms with E-state index in [-0.39, 0.29) is 17.2 Å². The van der Waals surface area contributed by atoms with Gasteiger partial charge in [0.1, 0.15) is 6.04 Å². The van der Waals surface area contributed by atoms with Crippen molar-refractivity contribution >= 4 is 11.8 Å². The van der Waals surface area contributed by atoms with Crippen LogP contribution < -0.4 is 5.32 Å². The van der Waals surface area contributed by atoms with Gasteiger partial charge in [-0.05, 0) is 11.8 Å². The van der Waals surface area contributed by atoms with Gasteiger partial charge in [0, 0.05) is 26.1 Å². The lowest BCUT2D eigenvalue weighted by atomic mass is 9.86. The lowest BCUT2D eigenvalue weighted by Crippen LogP contribution is -2.52. The number of rotatable bonds is 6. The van der Waals surface area contributed by atoms with E-state index in [0.29, 0.717) is 26.1 Å². The van der Waals surface area contributed by atoms with E-state index in [1.54, 1.807) is 4.90 Å². The summed E-state index contributed by atoms with van der Waals surface area (Å²) in [5.41, 5.74) is -0.279. The molecule has 1 unspecified atom stereocenters. The second-order valence-electron chi connectivity index (χ2n) is 6.41. The molecule has 0 bridgehead atoms. The van der Waals surface area contributed by atoms with Crippen LogP contribution in [-0.2, 0) is 14.3 Å². The fourth-order valence-corrected chi connectivity index (χ4v) is 2.16. The third kappa shape index (κ3) is 5.12. The summed E-state index contributed by atoms with van der Waals surface area (Å²) in [7, 11) is 0. The van der Waals surface area contributed by atoms with Crippen LogP contribution in [0, 0.1) is 5.41 Å². The van der Waals surface area contributed by atoms with Crippen LogP contribution in [0.1, 0.15) is 47.0 Å². The molecule has 20 heavy (non-hydrogen) atoms. The Balaban J connectivity index is 2.56. The van der Waals surface area contributed by atoms with Crippen molar-refractivity contribution in [3.05, 3.63) is 0 Å². The zero-order chi connectivity index (χ0) is 15.2. The van der Waals surface area contributed by atoms with Gasteiger partial charge in [-0.3, -0.25) is 9.59 Å². The van der Waals surface area contributed by atoms with E-state index in [1.165, 1.54) is 0 Å². The van der Waals surface area contributed by atoms with Crippen molar-refractivity contribution in [2.75, 3.05) is 26.3 Å². The van der Waals surface area contributed by atoms with Gasteiger partial charge in [0.2, 0.25) is 11.8 Å². The van der Waals surface area contributed by atoms with Crippen LogP contribution in [0.4, 0.5) is 0 Å². The zero-order valence-electron chi connectivity index (χ0n) is 13.2. The Hall–Kier alpha value is -1.10. The summed E-state index contributed by atoms with van der Waals surface area (Å²) in [4.78, 5) is 26.0. The molecule has 1 N–H and O–H groups in total. The molecule has 2 amide bonds. The molecule has 5 nitrogen and oxygen atoms in total. The summed E-state index contributed by atoms with van der Waals surface area (Å²) >= 11 is 0. The van der Waals surface area contributed by atoms with Gasteiger partial charge in [-0.25, -0.2) is 0 Å². The highest BCUT2D eigenvalue weighted by Gasteiger charge is 2.37. The lowest BCUT2D eigenvalue weighted by molar-refractivity contribution is -0.137. The predicted molar refractivity (Wildman–Crippen MR) is 78.3 cm³/mol. The molecule has 1 atom stereocenters. The summed E-state index contributed by atoms with van der Waals surface area (Å²) in [6.45, 7) is 10.3. The van der Waals surface area contributed by atoms with Crippen LogP contribution in [0.5, 0.6) is 0 Å². The van der Waals surface area contributed by atoms with E-state index in [4.69, 9.17) is 4.74 Å². The monoisotopic (exact) mass is 284 g/mol. The second kappa shape index (κ2) is 7.62. The normalized spacial score (nSPS) is 20.8. The summed E-state index contributed by atoms with van der Waals surface area (Å²) < 4.78 is 5.51. The third-order valence-corrected chi connectivity index (χ3v) is 3.49. The Morgan fingerprint density at radius 3 is 2.60 bits per heavy atom. The second-order valence-corrected chi connectivity index (χ2v) is 6.41. The molecule has 1 saturated heterocycles. The number of hydrogen-bond donors (Lipinski definition) is 1. The number of nitrogens with zero attached hydrogens (tertiary/aromatic N) is 1. The molecule has 0 aliphatic carbocycles. The van der Waals surface area contributed by atoms with Crippen LogP contribution in [0.3, 0.4) is 0 Å². The Bertz CT molecular complexity index is 337. The standard InChI is InChI=1S/C15H28N2O3/c1-5-6-10-20-11-9-17-8-7-12(18)16-13(14(17)19)15(2,3)4/h13H,5-11H2,1-4H3,(H,16,18). The van der Waals surface area contributed by atoms with Crippen molar-refractivity contribution in [3.8, 4) is 0 Å². The smallest absolute Gasteiger partial charge is 0.245 e. The number of amides is 2. The molecule has 1 heterocycles. The van der Waals surface area contributed by atoms with Crippen LogP contribution in [0.2, 0.25) is 0 Å². The van der Waals surface area contributed by atoms with Crippen LogP contribution in [0.25, 0.3) is 0 Å². The van der Waals surface area contributed by atoms with Crippen molar-refractivity contribution in [2.24, 2.45) is 5.41 Å². The average Bonchev–Trinajstić information content (AvgIpc) is 2.50. The predicted octanol–water partition coefficient (Wildman–Crippen LogP) is 1.57. The van der Waals surface area contributed by atoms with Gasteiger partial charge in [-0.1, -0.05) is 34.1 Å². The van der Waals surface area contributed by atoms with E-state index in [1.807, 2.05) is 20.8 Å². The van der Waals surface area contributed by atoms with Gasteiger partial charge in [0.05, 0.1) is 6.61 Å². The number of unbranched alkanes of at least 4 members (excludes halogenated alkanes) is 1. The van der Waals surface area contributed by atoms with Crippen LogP contribution in [-0.4, -0.2) is 49.1 Å². The van der Waals surface area contributed by atoms with Crippen molar-refractivity contribution in [1.29, 1.82) is 0 Å². The Kier molecular flexibility index (Phi) is 6.46. The minimum atomic E-state index is -0.451. The van der Waals surface area contributed by atoms with Gasteiger partial charge in [0.25, 0.3) is 0 Å². The molecule has 1 aliphatic rings. The Morgan fingerprint density at radius 1 is 1.30 bits per heavy atom. The number of nitrogens with one attached hydrogen (secondary N) is 1. The maximum atomic E-state index is 12.5. The first-order valence-electron chi connectivity index (χ1n) is 7.52. The van der Waals surface area contributed by atoms with Crippen molar-refractivity contribution in [3.63, 3.8) is 0 Å². The van der Waals surface area contributed by atoms with Gasteiger partial charge in [0.15, 0.2) is 0 Å². The molecule has 1 rings (SSSR count). The number of hydrogen-bond acceptors (Lipinski definition) is 3. The van der Waals surface area contributed by atoms with Crippen molar-refractivity contribution in [1.82, 2.24) is 10.2 Å². The van der Waals surface area contributed by atoms with E-state index in [0.717, 1.165) is 19.4 Å². The lowest BCUT2D eigenvalue weighted by Gasteiger charge is -2.32. The molecule has 0 saturated carbocycles. The SMILES string of the molecule is CCCCOCCN1CCC(=O)NC(C(C)(C)C)C1=O. The van der Waals surface area contributed by atoms with Gasteiger partial charge in [-0.2, -0.15) is 0 Å². The van der Waals surface area contributed by atoms with Crippen LogP contribution in [0.15, 0.2) is 0 Å². The highest BCUT2D eigenvalue weighted by atomic mass is 16.5. The molecular formula is C15H28N2O3. The Labute approximate surface area is 122 Å². The topological polar surface area (TPSA) is 58.6 Å². The fourth-order valence-electron chi connectivity index (χ4n) is 2.16. The highest BCUT2D eigenvalue weighted by Crippen LogP contribution is 2.22. The van der Waals surface area contributed by atoms with Gasteiger partial charge in [-0.15, -0.1) is 0 Å². The number of carbonyl (C=O) groups excluding carboxylic acids is 2. The van der Waals surface area contributed by atoms with E-state index >= 15 is 0 Å². The molecule has 0 aromatic rings. The summed E-state index contributed by atoms with van der Waals surface area (Å²) in [6, 6.07) is -0.451. The molecule has 0 aromatic carbocycles. The van der Waals surface area contributed by atoms with E-state index in [9.17, 15) is 9.59 Å². The first kappa shape index (κ1) is 17.0. The van der Waals surface area contributed by atoms with Gasteiger partial charge < -0.3 is 15.0 Å². The average molecular weight is 284 g/mol. The first-order chi connectivity index (χ1) is 9.36. The minimum Gasteiger partial charge on any atom is -0.380 e. The van der Waals surface area contributed by atoms with Crippen molar-refractivity contribution in [2.45, 2.75) is 53.0 Å². The molecule has 0 aromatic heterocycles. The molecule has 116 valence electrons. The van der Waals surface area contributed by atoms with E-state index in [2.05, 4.69) is 12.2 Å². The fraction of sp³-hybridized carbons (Fsp3) is 0.867. The first-order valence-corrected chi connectivity index (χ1v) is 7.52. The minimum absolute atomic E-state index is 0.00226. The molecule has 0 spiro atoms.